The summed E-state index contributed by atoms with van der Waals surface area (Å²) in [6, 6.07) is 0.365. The number of nitrogens with two attached hydrogens (primary N) is 1. The number of hydrogen-bond donors (Lipinski definition) is 2. The molecular weight excluding hydrogens is 250 g/mol. The Bertz CT molecular complexity index is 285. The third-order valence-corrected chi connectivity index (χ3v) is 4.06. The minimum Gasteiger partial charge on any atom is -0.355 e. The van der Waals surface area contributed by atoms with E-state index in [4.69, 9.17) is 5.73 Å². The monoisotopic (exact) mass is 275 g/mol. The number of rotatable bonds is 4. The van der Waals surface area contributed by atoms with Crippen LogP contribution in [0.2, 0.25) is 0 Å². The first-order valence-electron chi connectivity index (χ1n) is 6.81. The fourth-order valence-corrected chi connectivity index (χ4v) is 3.11. The highest BCUT2D eigenvalue weighted by Gasteiger charge is 2.41. The van der Waals surface area contributed by atoms with Crippen LogP contribution in [0.1, 0.15) is 26.7 Å². The molecular formula is C13H26ClN3O. The normalized spacial score (nSPS) is 31.2. The van der Waals surface area contributed by atoms with Gasteiger partial charge in [-0.2, -0.15) is 0 Å². The van der Waals surface area contributed by atoms with Gasteiger partial charge in [-0.15, -0.1) is 12.4 Å². The summed E-state index contributed by atoms with van der Waals surface area (Å²) in [5.41, 5.74) is 6.08. The SMILES string of the molecule is CC(C)CNC(=O)CN1CC2CCC(N)C2C1.Cl. The van der Waals surface area contributed by atoms with E-state index in [0.717, 1.165) is 25.6 Å². The molecule has 2 aliphatic rings. The standard InChI is InChI=1S/C13H25N3O.ClH/c1-9(2)5-15-13(17)8-16-6-10-3-4-12(14)11(10)7-16;/h9-12H,3-8,14H2,1-2H3,(H,15,17);1H. The number of likely N-dealkylation sites (tertiary alicyclic amines) is 1. The summed E-state index contributed by atoms with van der Waals surface area (Å²) in [6.45, 7) is 7.62. The van der Waals surface area contributed by atoms with Crippen LogP contribution in [0, 0.1) is 17.8 Å². The molecule has 3 N–H and O–H groups in total. The first-order valence-corrected chi connectivity index (χ1v) is 6.81. The molecule has 1 saturated carbocycles. The van der Waals surface area contributed by atoms with Crippen LogP contribution in [-0.2, 0) is 4.79 Å². The minimum atomic E-state index is 0. The average molecular weight is 276 g/mol. The van der Waals surface area contributed by atoms with Crippen LogP contribution < -0.4 is 11.1 Å². The Labute approximate surface area is 116 Å². The van der Waals surface area contributed by atoms with E-state index in [1.807, 2.05) is 0 Å². The van der Waals surface area contributed by atoms with Gasteiger partial charge in [0.1, 0.15) is 0 Å². The van der Waals surface area contributed by atoms with Gasteiger partial charge in [0.2, 0.25) is 5.91 Å². The second-order valence-corrected chi connectivity index (χ2v) is 6.06. The molecule has 0 aromatic rings. The van der Waals surface area contributed by atoms with Crippen molar-refractivity contribution >= 4 is 18.3 Å². The maximum Gasteiger partial charge on any atom is 0.234 e. The van der Waals surface area contributed by atoms with Gasteiger partial charge in [0.05, 0.1) is 6.54 Å². The zero-order valence-corrected chi connectivity index (χ0v) is 12.2. The number of nitrogens with zero attached hydrogens (tertiary/aromatic N) is 1. The smallest absolute Gasteiger partial charge is 0.234 e. The molecule has 0 aromatic carbocycles. The number of fused-ring (bicyclic) bond motifs is 1. The second-order valence-electron chi connectivity index (χ2n) is 6.06. The fourth-order valence-electron chi connectivity index (χ4n) is 3.11. The van der Waals surface area contributed by atoms with Crippen LogP contribution in [-0.4, -0.2) is 43.0 Å². The van der Waals surface area contributed by atoms with E-state index in [2.05, 4.69) is 24.1 Å². The van der Waals surface area contributed by atoms with E-state index in [-0.39, 0.29) is 18.3 Å². The Hall–Kier alpha value is -0.320. The van der Waals surface area contributed by atoms with Crippen LogP contribution in [0.3, 0.4) is 0 Å². The summed E-state index contributed by atoms with van der Waals surface area (Å²) >= 11 is 0. The molecule has 106 valence electrons. The van der Waals surface area contributed by atoms with Crippen molar-refractivity contribution in [2.45, 2.75) is 32.7 Å². The predicted molar refractivity (Wildman–Crippen MR) is 75.7 cm³/mol. The van der Waals surface area contributed by atoms with Crippen LogP contribution in [0.15, 0.2) is 0 Å². The molecule has 3 unspecified atom stereocenters. The first-order chi connectivity index (χ1) is 8.06. The van der Waals surface area contributed by atoms with Gasteiger partial charge >= 0.3 is 0 Å². The van der Waals surface area contributed by atoms with E-state index in [1.165, 1.54) is 12.8 Å². The van der Waals surface area contributed by atoms with Gasteiger partial charge in [0.25, 0.3) is 0 Å². The van der Waals surface area contributed by atoms with Crippen molar-refractivity contribution in [3.05, 3.63) is 0 Å². The Balaban J connectivity index is 0.00000162. The van der Waals surface area contributed by atoms with Crippen molar-refractivity contribution in [3.8, 4) is 0 Å². The molecule has 2 rings (SSSR count). The predicted octanol–water partition coefficient (Wildman–Crippen LogP) is 0.850. The summed E-state index contributed by atoms with van der Waals surface area (Å²) in [5.74, 6) is 2.05. The van der Waals surface area contributed by atoms with Gasteiger partial charge < -0.3 is 11.1 Å². The van der Waals surface area contributed by atoms with Gasteiger partial charge in [-0.25, -0.2) is 0 Å². The van der Waals surface area contributed by atoms with Gasteiger partial charge in [0, 0.05) is 25.7 Å². The topological polar surface area (TPSA) is 58.4 Å². The van der Waals surface area contributed by atoms with Crippen LogP contribution in [0.25, 0.3) is 0 Å². The molecule has 1 aliphatic carbocycles. The maximum atomic E-state index is 11.7. The number of amides is 1. The van der Waals surface area contributed by atoms with Gasteiger partial charge in [-0.05, 0) is 30.6 Å². The molecule has 0 aromatic heterocycles. The molecule has 18 heavy (non-hydrogen) atoms. The van der Waals surface area contributed by atoms with Crippen molar-refractivity contribution < 1.29 is 4.79 Å². The van der Waals surface area contributed by atoms with Crippen LogP contribution >= 0.6 is 12.4 Å². The molecule has 1 aliphatic heterocycles. The second kappa shape index (κ2) is 6.73. The Morgan fingerprint density at radius 1 is 1.39 bits per heavy atom. The molecule has 0 bridgehead atoms. The average Bonchev–Trinajstić information content (AvgIpc) is 2.78. The number of carbonyl (C=O) groups is 1. The fraction of sp³-hybridized carbons (Fsp3) is 0.923. The van der Waals surface area contributed by atoms with Gasteiger partial charge in [-0.1, -0.05) is 13.8 Å². The summed E-state index contributed by atoms with van der Waals surface area (Å²) in [5, 5.41) is 2.97. The van der Waals surface area contributed by atoms with Crippen LogP contribution in [0.4, 0.5) is 0 Å². The lowest BCUT2D eigenvalue weighted by molar-refractivity contribution is -0.122. The minimum absolute atomic E-state index is 0. The first kappa shape index (κ1) is 15.7. The molecule has 1 amide bonds. The maximum absolute atomic E-state index is 11.7. The summed E-state index contributed by atoms with van der Waals surface area (Å²) in [4.78, 5) is 14.0. The van der Waals surface area contributed by atoms with Crippen molar-refractivity contribution in [2.75, 3.05) is 26.2 Å². The molecule has 1 heterocycles. The summed E-state index contributed by atoms with van der Waals surface area (Å²) in [7, 11) is 0. The van der Waals surface area contributed by atoms with E-state index in [1.54, 1.807) is 0 Å². The quantitative estimate of drug-likeness (QED) is 0.800. The Kier molecular flexibility index (Phi) is 5.89. The number of nitrogens with one attached hydrogen (secondary N) is 1. The van der Waals surface area contributed by atoms with E-state index < -0.39 is 0 Å². The van der Waals surface area contributed by atoms with E-state index in [9.17, 15) is 4.79 Å². The molecule has 0 radical (unpaired) electrons. The Morgan fingerprint density at radius 2 is 2.11 bits per heavy atom. The third kappa shape index (κ3) is 3.84. The molecule has 4 nitrogen and oxygen atoms in total. The largest absolute Gasteiger partial charge is 0.355 e. The van der Waals surface area contributed by atoms with Crippen LogP contribution in [0.5, 0.6) is 0 Å². The zero-order valence-electron chi connectivity index (χ0n) is 11.4. The van der Waals surface area contributed by atoms with Gasteiger partial charge in [-0.3, -0.25) is 9.69 Å². The number of halogens is 1. The third-order valence-electron chi connectivity index (χ3n) is 4.06. The lowest BCUT2D eigenvalue weighted by atomic mass is 9.98. The highest BCUT2D eigenvalue weighted by Crippen LogP contribution is 2.36. The summed E-state index contributed by atoms with van der Waals surface area (Å²) in [6.07, 6.45) is 2.42. The summed E-state index contributed by atoms with van der Waals surface area (Å²) < 4.78 is 0. The molecule has 0 spiro atoms. The highest BCUT2D eigenvalue weighted by molar-refractivity contribution is 5.85. The molecule has 3 atom stereocenters. The zero-order chi connectivity index (χ0) is 12.4. The van der Waals surface area contributed by atoms with E-state index >= 15 is 0 Å². The molecule has 2 fully saturated rings. The van der Waals surface area contributed by atoms with Crippen molar-refractivity contribution in [1.29, 1.82) is 0 Å². The lowest BCUT2D eigenvalue weighted by Gasteiger charge is -2.18. The molecule has 1 saturated heterocycles. The number of hydrogen-bond acceptors (Lipinski definition) is 3. The Morgan fingerprint density at radius 3 is 2.72 bits per heavy atom. The highest BCUT2D eigenvalue weighted by atomic mass is 35.5. The van der Waals surface area contributed by atoms with Crippen molar-refractivity contribution in [2.24, 2.45) is 23.5 Å². The van der Waals surface area contributed by atoms with Gasteiger partial charge in [0.15, 0.2) is 0 Å². The van der Waals surface area contributed by atoms with Crippen molar-refractivity contribution in [1.82, 2.24) is 10.2 Å². The van der Waals surface area contributed by atoms with Crippen molar-refractivity contribution in [3.63, 3.8) is 0 Å². The lowest BCUT2D eigenvalue weighted by Crippen LogP contribution is -2.38. The van der Waals surface area contributed by atoms with E-state index in [0.29, 0.717) is 24.4 Å². The number of carbonyl (C=O) groups excluding carboxylic acids is 1. The molecule has 5 heteroatoms.